The average molecular weight is 346 g/mol. The molecule has 0 amide bonds. The summed E-state index contributed by atoms with van der Waals surface area (Å²) in [7, 11) is -1.69. The van der Waals surface area contributed by atoms with Crippen LogP contribution in [-0.2, 0) is 9.16 Å². The zero-order chi connectivity index (χ0) is 17.3. The van der Waals surface area contributed by atoms with Gasteiger partial charge in [0.05, 0.1) is 0 Å². The minimum Gasteiger partial charge on any atom is -0.465 e. The summed E-state index contributed by atoms with van der Waals surface area (Å²) in [6.07, 6.45) is 2.41. The van der Waals surface area contributed by atoms with Gasteiger partial charge in [0.2, 0.25) is 0 Å². The highest BCUT2D eigenvalue weighted by Crippen LogP contribution is 2.39. The van der Waals surface area contributed by atoms with Crippen molar-refractivity contribution in [2.45, 2.75) is 97.2 Å². The summed E-state index contributed by atoms with van der Waals surface area (Å²) in [4.78, 5) is 2.21. The van der Waals surface area contributed by atoms with Gasteiger partial charge in [0.25, 0.3) is 5.17 Å². The molecular formula is C17H35NO2SSi. The Bertz CT molecular complexity index is 398. The van der Waals surface area contributed by atoms with E-state index in [1.807, 2.05) is 20.8 Å². The van der Waals surface area contributed by atoms with Gasteiger partial charge in [0.1, 0.15) is 5.60 Å². The molecule has 130 valence electrons. The van der Waals surface area contributed by atoms with Crippen LogP contribution in [0.5, 0.6) is 0 Å². The van der Waals surface area contributed by atoms with E-state index in [-0.39, 0.29) is 10.6 Å². The molecule has 0 bridgehead atoms. The van der Waals surface area contributed by atoms with Gasteiger partial charge >= 0.3 is 0 Å². The lowest BCUT2D eigenvalue weighted by molar-refractivity contribution is 0.0491. The predicted molar refractivity (Wildman–Crippen MR) is 101 cm³/mol. The molecule has 0 aromatic rings. The second-order valence-corrected chi connectivity index (χ2v) is 14.2. The van der Waals surface area contributed by atoms with Crippen molar-refractivity contribution in [2.24, 2.45) is 0 Å². The first-order valence-corrected chi connectivity index (χ1v) is 11.7. The van der Waals surface area contributed by atoms with E-state index in [4.69, 9.17) is 21.4 Å². The molecule has 0 saturated carbocycles. The Morgan fingerprint density at radius 3 is 2.09 bits per heavy atom. The standard InChI is InChI=1S/C17H35NO2SSi/c1-13-12-14(20-22(8,9)17(5,6)7)10-11-18(13)15(21)19-16(2,3)4/h13-14H,10-12H2,1-9H3. The Labute approximate surface area is 143 Å². The van der Waals surface area contributed by atoms with Crippen molar-refractivity contribution in [1.29, 1.82) is 0 Å². The van der Waals surface area contributed by atoms with Gasteiger partial charge < -0.3 is 14.1 Å². The molecule has 1 rings (SSSR count). The molecule has 0 aliphatic carbocycles. The van der Waals surface area contributed by atoms with Gasteiger partial charge in [-0.25, -0.2) is 0 Å². The van der Waals surface area contributed by atoms with Gasteiger partial charge in [0.15, 0.2) is 8.32 Å². The normalized spacial score (nSPS) is 24.3. The topological polar surface area (TPSA) is 21.7 Å². The Morgan fingerprint density at radius 1 is 1.14 bits per heavy atom. The summed E-state index contributed by atoms with van der Waals surface area (Å²) in [5.74, 6) is 0. The van der Waals surface area contributed by atoms with Gasteiger partial charge in [-0.1, -0.05) is 20.8 Å². The Hall–Kier alpha value is -0.133. The van der Waals surface area contributed by atoms with E-state index in [9.17, 15) is 0 Å². The van der Waals surface area contributed by atoms with Crippen molar-refractivity contribution in [2.75, 3.05) is 6.54 Å². The molecule has 0 aromatic heterocycles. The van der Waals surface area contributed by atoms with Gasteiger partial charge in [-0.2, -0.15) is 0 Å². The minimum atomic E-state index is -1.69. The molecule has 0 radical (unpaired) electrons. The van der Waals surface area contributed by atoms with Crippen LogP contribution in [-0.4, -0.2) is 42.7 Å². The summed E-state index contributed by atoms with van der Waals surface area (Å²) in [6, 6.07) is 0.373. The number of nitrogens with zero attached hydrogens (tertiary/aromatic N) is 1. The number of hydrogen-bond donors (Lipinski definition) is 0. The first-order valence-electron chi connectivity index (χ1n) is 8.40. The lowest BCUT2D eigenvalue weighted by Gasteiger charge is -2.44. The monoisotopic (exact) mass is 345 g/mol. The van der Waals surface area contributed by atoms with Crippen molar-refractivity contribution in [3.8, 4) is 0 Å². The van der Waals surface area contributed by atoms with Crippen molar-refractivity contribution < 1.29 is 9.16 Å². The highest BCUT2D eigenvalue weighted by molar-refractivity contribution is 7.80. The molecule has 5 heteroatoms. The summed E-state index contributed by atoms with van der Waals surface area (Å²) in [5, 5.41) is 0.892. The minimum absolute atomic E-state index is 0.231. The molecule has 22 heavy (non-hydrogen) atoms. The number of rotatable bonds is 2. The predicted octanol–water partition coefficient (Wildman–Crippen LogP) is 4.96. The van der Waals surface area contributed by atoms with Crippen molar-refractivity contribution in [3.05, 3.63) is 0 Å². The number of thiocarbonyl (C=S) groups is 1. The quantitative estimate of drug-likeness (QED) is 0.521. The highest BCUT2D eigenvalue weighted by Gasteiger charge is 2.41. The maximum Gasteiger partial charge on any atom is 0.260 e. The fourth-order valence-electron chi connectivity index (χ4n) is 2.42. The summed E-state index contributed by atoms with van der Waals surface area (Å²) < 4.78 is 12.4. The van der Waals surface area contributed by atoms with Crippen LogP contribution in [0.1, 0.15) is 61.3 Å². The number of piperidine rings is 1. The van der Waals surface area contributed by atoms with E-state index in [1.165, 1.54) is 0 Å². The van der Waals surface area contributed by atoms with E-state index in [0.717, 1.165) is 19.4 Å². The molecule has 3 nitrogen and oxygen atoms in total. The van der Waals surface area contributed by atoms with Crippen LogP contribution < -0.4 is 0 Å². The largest absolute Gasteiger partial charge is 0.465 e. The van der Waals surface area contributed by atoms with Crippen molar-refractivity contribution in [1.82, 2.24) is 4.90 Å². The second-order valence-electron chi connectivity index (χ2n) is 9.05. The zero-order valence-electron chi connectivity index (χ0n) is 15.9. The lowest BCUT2D eigenvalue weighted by Crippen LogP contribution is -2.51. The van der Waals surface area contributed by atoms with Crippen LogP contribution >= 0.6 is 12.2 Å². The molecule has 1 aliphatic heterocycles. The van der Waals surface area contributed by atoms with E-state index in [0.29, 0.717) is 17.3 Å². The first kappa shape index (κ1) is 19.9. The van der Waals surface area contributed by atoms with Crippen LogP contribution in [0.3, 0.4) is 0 Å². The van der Waals surface area contributed by atoms with E-state index < -0.39 is 8.32 Å². The molecule has 2 unspecified atom stereocenters. The van der Waals surface area contributed by atoms with Gasteiger partial charge in [-0.3, -0.25) is 0 Å². The molecule has 1 saturated heterocycles. The molecule has 0 N–H and O–H groups in total. The van der Waals surface area contributed by atoms with Gasteiger partial charge in [-0.05, 0) is 70.9 Å². The molecule has 0 aromatic carbocycles. The highest BCUT2D eigenvalue weighted by atomic mass is 32.1. The smallest absolute Gasteiger partial charge is 0.260 e. The number of likely N-dealkylation sites (tertiary alicyclic amines) is 1. The average Bonchev–Trinajstić information content (AvgIpc) is 2.23. The maximum atomic E-state index is 6.57. The van der Waals surface area contributed by atoms with Crippen molar-refractivity contribution in [3.63, 3.8) is 0 Å². The lowest BCUT2D eigenvalue weighted by atomic mass is 10.0. The van der Waals surface area contributed by atoms with Gasteiger partial charge in [0, 0.05) is 18.7 Å². The maximum absolute atomic E-state index is 6.57. The third-order valence-corrected chi connectivity index (χ3v) is 9.58. The summed E-state index contributed by atoms with van der Waals surface area (Å²) in [6.45, 7) is 20.8. The van der Waals surface area contributed by atoms with Crippen LogP contribution in [0.25, 0.3) is 0 Å². The van der Waals surface area contributed by atoms with Gasteiger partial charge in [-0.15, -0.1) is 0 Å². The van der Waals surface area contributed by atoms with Crippen LogP contribution in [0.15, 0.2) is 0 Å². The van der Waals surface area contributed by atoms with Crippen molar-refractivity contribution >= 4 is 25.7 Å². The van der Waals surface area contributed by atoms with Crippen LogP contribution in [0, 0.1) is 0 Å². The molecule has 1 aliphatic rings. The molecule has 1 fully saturated rings. The number of hydrogen-bond acceptors (Lipinski definition) is 3. The third-order valence-electron chi connectivity index (χ3n) is 4.72. The van der Waals surface area contributed by atoms with E-state index in [2.05, 4.69) is 45.7 Å². The Morgan fingerprint density at radius 2 is 1.68 bits per heavy atom. The Balaban J connectivity index is 2.62. The molecule has 0 spiro atoms. The zero-order valence-corrected chi connectivity index (χ0v) is 17.8. The number of ether oxygens (including phenoxy) is 1. The fraction of sp³-hybridized carbons (Fsp3) is 0.941. The SMILES string of the molecule is CC1CC(O[Si](C)(C)C(C)(C)C)CCN1C(=S)OC(C)(C)C. The molecule has 2 atom stereocenters. The summed E-state index contributed by atoms with van der Waals surface area (Å²) >= 11 is 5.48. The molecular weight excluding hydrogens is 310 g/mol. The van der Waals surface area contributed by atoms with E-state index >= 15 is 0 Å². The second kappa shape index (κ2) is 6.77. The van der Waals surface area contributed by atoms with E-state index in [1.54, 1.807) is 0 Å². The fourth-order valence-corrected chi connectivity index (χ4v) is 4.34. The molecule has 1 heterocycles. The van der Waals surface area contributed by atoms with Crippen LogP contribution in [0.2, 0.25) is 18.1 Å². The summed E-state index contributed by atoms with van der Waals surface area (Å²) in [5.41, 5.74) is -0.231. The third kappa shape index (κ3) is 5.50. The van der Waals surface area contributed by atoms with Crippen LogP contribution in [0.4, 0.5) is 0 Å². The first-order chi connectivity index (χ1) is 9.73. The Kier molecular flexibility index (Phi) is 6.13.